The van der Waals surface area contributed by atoms with Crippen LogP contribution in [0.25, 0.3) is 71.7 Å². The molecule has 0 aliphatic carbocycles. The van der Waals surface area contributed by atoms with Crippen molar-refractivity contribution in [2.75, 3.05) is 0 Å². The van der Waals surface area contributed by atoms with Crippen LogP contribution >= 0.6 is 0 Å². The molecule has 5 heteroatoms. The molecule has 0 saturated carbocycles. The fourth-order valence-electron chi connectivity index (χ4n) is 7.70. The van der Waals surface area contributed by atoms with Gasteiger partial charge in [0.05, 0.1) is 11.0 Å². The highest BCUT2D eigenvalue weighted by Crippen LogP contribution is 2.41. The van der Waals surface area contributed by atoms with Crippen LogP contribution in [0.15, 0.2) is 209 Å². The molecule has 10 aromatic rings. The molecule has 1 N–H and O–H groups in total. The number of aromatic nitrogens is 1. The third-order valence-corrected chi connectivity index (χ3v) is 10.4. The summed E-state index contributed by atoms with van der Waals surface area (Å²) in [6, 6.07) is 66.2. The van der Waals surface area contributed by atoms with Gasteiger partial charge in [-0.05, 0) is 47.0 Å². The van der Waals surface area contributed by atoms with E-state index in [2.05, 4.69) is 120 Å². The van der Waals surface area contributed by atoms with Gasteiger partial charge in [-0.1, -0.05) is 164 Å². The molecule has 0 amide bonds. The van der Waals surface area contributed by atoms with Crippen molar-refractivity contribution in [3.63, 3.8) is 0 Å². The minimum Gasteiger partial charge on any atom is -0.455 e. The van der Waals surface area contributed by atoms with Crippen LogP contribution in [0, 0.1) is 5.41 Å². The van der Waals surface area contributed by atoms with Crippen molar-refractivity contribution in [2.45, 2.75) is 0 Å². The smallest absolute Gasteiger partial charge is 0.161 e. The minimum absolute atomic E-state index is 0.149. The summed E-state index contributed by atoms with van der Waals surface area (Å²) in [6.07, 6.45) is 1.80. The van der Waals surface area contributed by atoms with Crippen LogP contribution in [0.3, 0.4) is 0 Å². The van der Waals surface area contributed by atoms with E-state index in [-0.39, 0.29) is 5.84 Å². The van der Waals surface area contributed by atoms with Gasteiger partial charge < -0.3 is 8.98 Å². The third-order valence-electron chi connectivity index (χ3n) is 10.4. The SMILES string of the molecule is N=C(N=C(N=Cc1ccccc1)c1cccc(-n2c3ccccc3c3cc(-c4cccc5c4oc4c(-c6ccccc6)cccc45)ccc32)c1)c1ccccc1. The normalized spacial score (nSPS) is 12.0. The Balaban J connectivity index is 1.10. The maximum atomic E-state index is 8.85. The molecular weight excluding hydrogens is 685 g/mol. The highest BCUT2D eigenvalue weighted by Gasteiger charge is 2.18. The van der Waals surface area contributed by atoms with Crippen LogP contribution in [-0.2, 0) is 0 Å². The second kappa shape index (κ2) is 14.0. The van der Waals surface area contributed by atoms with Crippen LogP contribution in [0.2, 0.25) is 0 Å². The van der Waals surface area contributed by atoms with Crippen LogP contribution in [0.4, 0.5) is 0 Å². The summed E-state index contributed by atoms with van der Waals surface area (Å²) in [4.78, 5) is 9.62. The predicted molar refractivity (Wildman–Crippen MR) is 233 cm³/mol. The molecule has 2 heterocycles. The van der Waals surface area contributed by atoms with Gasteiger partial charge in [-0.15, -0.1) is 0 Å². The summed E-state index contributed by atoms with van der Waals surface area (Å²) in [5, 5.41) is 13.4. The molecule has 8 aromatic carbocycles. The maximum Gasteiger partial charge on any atom is 0.161 e. The highest BCUT2D eigenvalue weighted by atomic mass is 16.3. The molecule has 0 fully saturated rings. The van der Waals surface area contributed by atoms with Crippen LogP contribution in [0.1, 0.15) is 16.7 Å². The molecule has 264 valence electrons. The van der Waals surface area contributed by atoms with E-state index in [1.54, 1.807) is 6.21 Å². The number of hydrogen-bond acceptors (Lipinski definition) is 2. The quantitative estimate of drug-likeness (QED) is 0.135. The summed E-state index contributed by atoms with van der Waals surface area (Å²) in [5.41, 5.74) is 11.8. The zero-order valence-electron chi connectivity index (χ0n) is 30.3. The molecule has 0 bridgehead atoms. The standard InChI is InChI=1S/C51H34N4O/c52-50(36-19-8-3-9-20-36)54-51(53-33-34-15-4-1-5-16-34)38-21-12-22-39(31-38)55-46-28-11-10-23-42(46)45-32-37(29-30-47(45)55)41-25-14-27-44-43-26-13-24-40(48(43)56-49(41)44)35-17-6-2-7-18-35/h1-33,52H. The van der Waals surface area contributed by atoms with Crippen molar-refractivity contribution in [1.82, 2.24) is 4.57 Å². The van der Waals surface area contributed by atoms with Gasteiger partial charge in [-0.3, -0.25) is 5.41 Å². The Morgan fingerprint density at radius 2 is 1.07 bits per heavy atom. The van der Waals surface area contributed by atoms with Crippen LogP contribution in [-0.4, -0.2) is 22.5 Å². The lowest BCUT2D eigenvalue weighted by Crippen LogP contribution is -2.06. The zero-order chi connectivity index (χ0) is 37.4. The van der Waals surface area contributed by atoms with E-state index >= 15 is 0 Å². The van der Waals surface area contributed by atoms with Gasteiger partial charge in [-0.25, -0.2) is 9.98 Å². The lowest BCUT2D eigenvalue weighted by Gasteiger charge is -2.11. The topological polar surface area (TPSA) is 66.6 Å². The van der Waals surface area contributed by atoms with E-state index in [0.29, 0.717) is 5.84 Å². The number of amidine groups is 2. The number of hydrogen-bond donors (Lipinski definition) is 1. The van der Waals surface area contributed by atoms with E-state index in [1.807, 2.05) is 78.9 Å². The molecule has 2 aromatic heterocycles. The molecule has 0 unspecified atom stereocenters. The highest BCUT2D eigenvalue weighted by molar-refractivity contribution is 6.16. The Hall–Kier alpha value is -7.63. The number of benzene rings is 8. The monoisotopic (exact) mass is 718 g/mol. The van der Waals surface area contributed by atoms with Gasteiger partial charge in [0.2, 0.25) is 0 Å². The van der Waals surface area contributed by atoms with E-state index in [9.17, 15) is 0 Å². The van der Waals surface area contributed by atoms with Crippen LogP contribution in [0.5, 0.6) is 0 Å². The van der Waals surface area contributed by atoms with Gasteiger partial charge in [0.1, 0.15) is 11.2 Å². The average molecular weight is 719 g/mol. The fourth-order valence-corrected chi connectivity index (χ4v) is 7.70. The van der Waals surface area contributed by atoms with E-state index in [4.69, 9.17) is 19.8 Å². The number of nitrogens with one attached hydrogen (secondary N) is 1. The third kappa shape index (κ3) is 5.88. The Kier molecular flexibility index (Phi) is 8.23. The maximum absolute atomic E-state index is 8.85. The van der Waals surface area contributed by atoms with E-state index < -0.39 is 0 Å². The summed E-state index contributed by atoms with van der Waals surface area (Å²) < 4.78 is 9.09. The van der Waals surface area contributed by atoms with Gasteiger partial charge in [0, 0.05) is 55.7 Å². The molecule has 0 spiro atoms. The number of aliphatic imine (C=N–C) groups is 2. The molecule has 0 saturated heterocycles. The molecule has 56 heavy (non-hydrogen) atoms. The Labute approximate surface area is 323 Å². The van der Waals surface area contributed by atoms with Crippen molar-refractivity contribution in [3.05, 3.63) is 211 Å². The Morgan fingerprint density at radius 3 is 1.82 bits per heavy atom. The molecule has 10 rings (SSSR count). The van der Waals surface area contributed by atoms with Crippen molar-refractivity contribution < 1.29 is 4.42 Å². The van der Waals surface area contributed by atoms with E-state index in [1.165, 1.54) is 0 Å². The first-order valence-electron chi connectivity index (χ1n) is 18.7. The lowest BCUT2D eigenvalue weighted by atomic mass is 9.99. The zero-order valence-corrected chi connectivity index (χ0v) is 30.3. The van der Waals surface area contributed by atoms with E-state index in [0.717, 1.165) is 88.4 Å². The average Bonchev–Trinajstić information content (AvgIpc) is 3.82. The fraction of sp³-hybridized carbons (Fsp3) is 0. The number of fused-ring (bicyclic) bond motifs is 6. The molecule has 0 radical (unpaired) electrons. The van der Waals surface area contributed by atoms with Crippen LogP contribution < -0.4 is 0 Å². The minimum atomic E-state index is 0.149. The van der Waals surface area contributed by atoms with Crippen molar-refractivity contribution >= 4 is 61.6 Å². The summed E-state index contributed by atoms with van der Waals surface area (Å²) in [7, 11) is 0. The molecule has 0 atom stereocenters. The first-order valence-corrected chi connectivity index (χ1v) is 18.7. The second-order valence-electron chi connectivity index (χ2n) is 13.8. The lowest BCUT2D eigenvalue weighted by molar-refractivity contribution is 0.671. The summed E-state index contributed by atoms with van der Waals surface area (Å²) >= 11 is 0. The van der Waals surface area contributed by atoms with Gasteiger partial charge in [0.15, 0.2) is 11.7 Å². The summed E-state index contributed by atoms with van der Waals surface area (Å²) in [6.45, 7) is 0. The molecule has 0 aliphatic heterocycles. The van der Waals surface area contributed by atoms with Crippen molar-refractivity contribution in [1.29, 1.82) is 5.41 Å². The van der Waals surface area contributed by atoms with Gasteiger partial charge >= 0.3 is 0 Å². The van der Waals surface area contributed by atoms with Crippen molar-refractivity contribution in [2.24, 2.45) is 9.98 Å². The molecular formula is C51H34N4O. The Morgan fingerprint density at radius 1 is 0.482 bits per heavy atom. The largest absolute Gasteiger partial charge is 0.455 e. The number of para-hydroxylation sites is 3. The molecule has 5 nitrogen and oxygen atoms in total. The van der Waals surface area contributed by atoms with Gasteiger partial charge in [0.25, 0.3) is 0 Å². The number of rotatable bonds is 6. The second-order valence-corrected chi connectivity index (χ2v) is 13.8. The number of nitrogens with zero attached hydrogens (tertiary/aromatic N) is 3. The first kappa shape index (κ1) is 33.0. The van der Waals surface area contributed by atoms with Crippen molar-refractivity contribution in [3.8, 4) is 27.9 Å². The Bertz CT molecular complexity index is 3140. The molecule has 0 aliphatic rings. The first-order chi connectivity index (χ1) is 27.7. The predicted octanol–water partition coefficient (Wildman–Crippen LogP) is 12.9. The van der Waals surface area contributed by atoms with Gasteiger partial charge in [-0.2, -0.15) is 0 Å². The number of furan rings is 1. The summed E-state index contributed by atoms with van der Waals surface area (Å²) in [5.74, 6) is 0.610.